The summed E-state index contributed by atoms with van der Waals surface area (Å²) in [7, 11) is 1.59. The van der Waals surface area contributed by atoms with Gasteiger partial charge in [-0.25, -0.2) is 4.99 Å². The summed E-state index contributed by atoms with van der Waals surface area (Å²) in [5.74, 6) is 1.07. The number of amides is 1. The van der Waals surface area contributed by atoms with Crippen LogP contribution < -0.4 is 14.8 Å². The molecule has 0 spiro atoms. The second kappa shape index (κ2) is 9.59. The summed E-state index contributed by atoms with van der Waals surface area (Å²) in [5.41, 5.74) is 1.32. The predicted octanol–water partition coefficient (Wildman–Crippen LogP) is 6.29. The highest BCUT2D eigenvalue weighted by atomic mass is 127. The van der Waals surface area contributed by atoms with Gasteiger partial charge in [0.25, 0.3) is 5.91 Å². The number of rotatable bonds is 5. The van der Waals surface area contributed by atoms with Gasteiger partial charge < -0.3 is 14.8 Å². The van der Waals surface area contributed by atoms with Crippen molar-refractivity contribution in [1.82, 2.24) is 5.32 Å². The molecule has 1 saturated heterocycles. The molecule has 29 heavy (non-hydrogen) atoms. The number of methoxy groups -OCH3 is 1. The van der Waals surface area contributed by atoms with Crippen LogP contribution in [0.3, 0.4) is 0 Å². The van der Waals surface area contributed by atoms with Crippen LogP contribution in [0.5, 0.6) is 11.5 Å². The van der Waals surface area contributed by atoms with Crippen molar-refractivity contribution in [2.24, 2.45) is 4.99 Å². The topological polar surface area (TPSA) is 59.9 Å². The van der Waals surface area contributed by atoms with Crippen LogP contribution in [0.4, 0.5) is 5.69 Å². The molecule has 1 aliphatic heterocycles. The summed E-state index contributed by atoms with van der Waals surface area (Å²) < 4.78 is 12.2. The number of hydrogen-bond donors (Lipinski definition) is 1. The maximum atomic E-state index is 12.4. The molecule has 2 aromatic carbocycles. The molecule has 0 unspecified atom stereocenters. The quantitative estimate of drug-likeness (QED) is 0.344. The number of aliphatic imine (C=N–C) groups is 1. The molecule has 0 atom stereocenters. The van der Waals surface area contributed by atoms with Crippen molar-refractivity contribution in [3.8, 4) is 11.5 Å². The van der Waals surface area contributed by atoms with Gasteiger partial charge in [0, 0.05) is 0 Å². The van der Waals surface area contributed by atoms with E-state index in [0.717, 1.165) is 9.13 Å². The highest BCUT2D eigenvalue weighted by Crippen LogP contribution is 2.37. The summed E-state index contributed by atoms with van der Waals surface area (Å²) in [6.45, 7) is 3.91. The standard InChI is InChI=1S/C20H17Cl2IN2O3S/c1-10(2)28-18-13(23)7-11(8-15(18)27-3)9-16-19(26)25-20(29-16)24-14-6-4-5-12(21)17(14)22/h4-10H,1-3H3,(H,24,25,26)/b16-9+. The number of thioether (sulfide) groups is 1. The van der Waals surface area contributed by atoms with Gasteiger partial charge in [-0.2, -0.15) is 0 Å². The van der Waals surface area contributed by atoms with Gasteiger partial charge in [0.15, 0.2) is 16.7 Å². The highest BCUT2D eigenvalue weighted by molar-refractivity contribution is 14.1. The highest BCUT2D eigenvalue weighted by Gasteiger charge is 2.24. The van der Waals surface area contributed by atoms with Crippen LogP contribution in [0.1, 0.15) is 19.4 Å². The first-order valence-electron chi connectivity index (χ1n) is 8.56. The average molecular weight is 563 g/mol. The van der Waals surface area contributed by atoms with E-state index in [1.807, 2.05) is 26.0 Å². The number of hydrogen-bond acceptors (Lipinski definition) is 5. The van der Waals surface area contributed by atoms with Gasteiger partial charge in [0.1, 0.15) is 0 Å². The summed E-state index contributed by atoms with van der Waals surface area (Å²) >= 11 is 15.6. The summed E-state index contributed by atoms with van der Waals surface area (Å²) in [6.07, 6.45) is 1.81. The third kappa shape index (κ3) is 5.39. The smallest absolute Gasteiger partial charge is 0.264 e. The van der Waals surface area contributed by atoms with Crippen molar-refractivity contribution < 1.29 is 14.3 Å². The van der Waals surface area contributed by atoms with Gasteiger partial charge in [0.05, 0.1) is 37.4 Å². The molecule has 0 aliphatic carbocycles. The average Bonchev–Trinajstić information content (AvgIpc) is 2.99. The molecule has 1 fully saturated rings. The SMILES string of the molecule is COc1cc(/C=C2/SC(=Nc3cccc(Cl)c3Cl)NC2=O)cc(I)c1OC(C)C. The van der Waals surface area contributed by atoms with Crippen molar-refractivity contribution in [3.05, 3.63) is 54.4 Å². The van der Waals surface area contributed by atoms with Crippen LogP contribution in [0.15, 0.2) is 40.2 Å². The van der Waals surface area contributed by atoms with Gasteiger partial charge >= 0.3 is 0 Å². The lowest BCUT2D eigenvalue weighted by Gasteiger charge is -2.16. The first-order chi connectivity index (χ1) is 13.8. The van der Waals surface area contributed by atoms with Crippen molar-refractivity contribution in [2.75, 3.05) is 7.11 Å². The summed E-state index contributed by atoms with van der Waals surface area (Å²) in [4.78, 5) is 17.3. The van der Waals surface area contributed by atoms with Gasteiger partial charge in [0.2, 0.25) is 0 Å². The van der Waals surface area contributed by atoms with Crippen LogP contribution in [-0.4, -0.2) is 24.3 Å². The third-order valence-electron chi connectivity index (χ3n) is 3.71. The molecule has 3 rings (SSSR count). The number of carbonyl (C=O) groups is 1. The fourth-order valence-corrected chi connectivity index (χ4v) is 4.42. The normalized spacial score (nSPS) is 16.6. The molecule has 1 N–H and O–H groups in total. The lowest BCUT2D eigenvalue weighted by Crippen LogP contribution is -2.19. The van der Waals surface area contributed by atoms with Crippen LogP contribution in [0.25, 0.3) is 6.08 Å². The maximum Gasteiger partial charge on any atom is 0.264 e. The van der Waals surface area contributed by atoms with Crippen molar-refractivity contribution in [1.29, 1.82) is 0 Å². The minimum atomic E-state index is -0.233. The first kappa shape index (κ1) is 22.3. The zero-order chi connectivity index (χ0) is 21.1. The zero-order valence-electron chi connectivity index (χ0n) is 15.8. The van der Waals surface area contributed by atoms with Crippen molar-refractivity contribution in [3.63, 3.8) is 0 Å². The molecule has 1 amide bonds. The molecular formula is C20H17Cl2IN2O3S. The van der Waals surface area contributed by atoms with E-state index in [-0.39, 0.29) is 12.0 Å². The van der Waals surface area contributed by atoms with Gasteiger partial charge in [-0.1, -0.05) is 29.3 Å². The lowest BCUT2D eigenvalue weighted by atomic mass is 10.2. The van der Waals surface area contributed by atoms with E-state index < -0.39 is 0 Å². The van der Waals surface area contributed by atoms with E-state index in [0.29, 0.717) is 37.3 Å². The molecule has 0 radical (unpaired) electrons. The van der Waals surface area contributed by atoms with Gasteiger partial charge in [-0.15, -0.1) is 0 Å². The Morgan fingerprint density at radius 1 is 1.28 bits per heavy atom. The number of ether oxygens (including phenoxy) is 2. The Balaban J connectivity index is 1.89. The molecule has 1 aliphatic rings. The Hall–Kier alpha value is -1.42. The van der Waals surface area contributed by atoms with Gasteiger partial charge in [-0.3, -0.25) is 4.79 Å². The molecule has 0 aromatic heterocycles. The predicted molar refractivity (Wildman–Crippen MR) is 129 cm³/mol. The fourth-order valence-electron chi connectivity index (χ4n) is 2.49. The van der Waals surface area contributed by atoms with Crippen LogP contribution in [-0.2, 0) is 4.79 Å². The number of nitrogens with zero attached hydrogens (tertiary/aromatic N) is 1. The molecule has 1 heterocycles. The molecule has 5 nitrogen and oxygen atoms in total. The second-order valence-corrected chi connectivity index (χ2v) is 9.23. The Kier molecular flexibility index (Phi) is 7.37. The van der Waals surface area contributed by atoms with E-state index in [1.54, 1.807) is 31.4 Å². The first-order valence-corrected chi connectivity index (χ1v) is 11.2. The monoisotopic (exact) mass is 562 g/mol. The van der Waals surface area contributed by atoms with E-state index in [9.17, 15) is 4.79 Å². The summed E-state index contributed by atoms with van der Waals surface area (Å²) in [5, 5.41) is 3.93. The van der Waals surface area contributed by atoms with E-state index >= 15 is 0 Å². The van der Waals surface area contributed by atoms with Crippen LogP contribution in [0.2, 0.25) is 10.0 Å². The fraction of sp³-hybridized carbons (Fsp3) is 0.200. The van der Waals surface area contributed by atoms with Crippen LogP contribution >= 0.6 is 57.6 Å². The number of amidine groups is 1. The second-order valence-electron chi connectivity index (χ2n) is 6.26. The van der Waals surface area contributed by atoms with Crippen molar-refractivity contribution >= 4 is 80.4 Å². The zero-order valence-corrected chi connectivity index (χ0v) is 20.2. The number of benzene rings is 2. The minimum Gasteiger partial charge on any atom is -0.493 e. The molecule has 0 saturated carbocycles. The van der Waals surface area contributed by atoms with E-state index in [4.69, 9.17) is 32.7 Å². The number of carbonyl (C=O) groups excluding carboxylic acids is 1. The van der Waals surface area contributed by atoms with E-state index in [2.05, 4.69) is 32.9 Å². The number of nitrogens with one attached hydrogen (secondary N) is 1. The molecule has 152 valence electrons. The molecule has 9 heteroatoms. The third-order valence-corrected chi connectivity index (χ3v) is 6.23. The largest absolute Gasteiger partial charge is 0.493 e. The van der Waals surface area contributed by atoms with Gasteiger partial charge in [-0.05, 0) is 84.1 Å². The van der Waals surface area contributed by atoms with Crippen LogP contribution in [0, 0.1) is 3.57 Å². The molecule has 0 bridgehead atoms. The molecular weight excluding hydrogens is 546 g/mol. The lowest BCUT2D eigenvalue weighted by molar-refractivity contribution is -0.115. The Morgan fingerprint density at radius 2 is 2.03 bits per heavy atom. The summed E-state index contributed by atoms with van der Waals surface area (Å²) in [6, 6.07) is 8.94. The minimum absolute atomic E-state index is 0.0230. The Labute approximate surface area is 197 Å². The Morgan fingerprint density at radius 3 is 2.72 bits per heavy atom. The number of halogens is 3. The Bertz CT molecular complexity index is 1030. The van der Waals surface area contributed by atoms with E-state index in [1.165, 1.54) is 11.8 Å². The molecule has 2 aromatic rings. The van der Waals surface area contributed by atoms with Crippen molar-refractivity contribution in [2.45, 2.75) is 20.0 Å². The maximum absolute atomic E-state index is 12.4.